The molecule has 0 unspecified atom stereocenters. The van der Waals surface area contributed by atoms with Crippen molar-refractivity contribution in [1.82, 2.24) is 0 Å². The van der Waals surface area contributed by atoms with E-state index in [-0.39, 0.29) is 18.4 Å². The van der Waals surface area contributed by atoms with Crippen LogP contribution in [0.15, 0.2) is 51.7 Å². The molecule has 0 aliphatic carbocycles. The second kappa shape index (κ2) is 14.2. The minimum atomic E-state index is -1.09. The maximum Gasteiger partial charge on any atom is 0.336 e. The van der Waals surface area contributed by atoms with Gasteiger partial charge in [-0.3, -0.25) is 0 Å². The Kier molecular flexibility index (Phi) is 10.4. The van der Waals surface area contributed by atoms with Crippen molar-refractivity contribution in [1.29, 1.82) is 0 Å². The van der Waals surface area contributed by atoms with Crippen LogP contribution in [0.3, 0.4) is 0 Å². The molecule has 0 N–H and O–H groups in total. The second-order valence-electron chi connectivity index (χ2n) is 9.27. The van der Waals surface area contributed by atoms with Crippen LogP contribution in [0.5, 0.6) is 34.5 Å². The quantitative estimate of drug-likeness (QED) is 0.0781. The topological polar surface area (TPSA) is 85.6 Å². The van der Waals surface area contributed by atoms with E-state index >= 15 is 8.78 Å². The average molecular weight is 615 g/mol. The fraction of sp³-hybridized carbons (Fsp3) is 0.281. The van der Waals surface area contributed by atoms with Gasteiger partial charge in [0.15, 0.2) is 40.1 Å². The lowest BCUT2D eigenvalue weighted by atomic mass is 9.93. The highest BCUT2D eigenvalue weighted by Gasteiger charge is 2.22. The van der Waals surface area contributed by atoms with E-state index in [1.807, 2.05) is 12.1 Å². The van der Waals surface area contributed by atoms with Crippen molar-refractivity contribution in [2.24, 2.45) is 0 Å². The third-order valence-electron chi connectivity index (χ3n) is 6.69. The van der Waals surface area contributed by atoms with Crippen LogP contribution in [0.25, 0.3) is 22.6 Å². The molecule has 0 radical (unpaired) electrons. The monoisotopic (exact) mass is 614 g/mol. The van der Waals surface area contributed by atoms with Crippen molar-refractivity contribution in [2.45, 2.75) is 12.8 Å². The number of hydrogen-bond acceptors (Lipinski definition) is 9. The predicted molar refractivity (Wildman–Crippen MR) is 164 cm³/mol. The van der Waals surface area contributed by atoms with Crippen LogP contribution < -0.4 is 34.0 Å². The Morgan fingerprint density at radius 1 is 0.837 bits per heavy atom. The minimum absolute atomic E-state index is 0.0477. The summed E-state index contributed by atoms with van der Waals surface area (Å²) in [4.78, 5) is 12.6. The van der Waals surface area contributed by atoms with E-state index in [0.717, 1.165) is 11.6 Å². The SMILES string of the molecule is COc1ccc(/C=C(/Cc2cc(=O)oc3c(F)c(OCCCS)c(F)cc23)c2cc(OC)c(OC)c(OC)c2)cc1OC. The Balaban J connectivity index is 1.93. The van der Waals surface area contributed by atoms with E-state index in [4.69, 9.17) is 32.8 Å². The Morgan fingerprint density at radius 2 is 1.51 bits per heavy atom. The standard InChI is InChI=1S/C32H32F2O8S/c1-36-24-8-7-18(12-25(24)37-2)11-19(20-14-26(38-3)32(40-5)27(15-20)39-4)13-21-16-28(35)42-30-22(21)17-23(33)31(29(30)34)41-9-6-10-43/h7-8,11-12,14-17,43H,6,9-10,13H2,1-5H3/b19-11-. The average Bonchev–Trinajstić information content (AvgIpc) is 3.01. The first-order valence-electron chi connectivity index (χ1n) is 13.2. The first-order chi connectivity index (χ1) is 20.8. The molecule has 0 fully saturated rings. The maximum absolute atomic E-state index is 15.5. The van der Waals surface area contributed by atoms with Crippen molar-refractivity contribution in [3.05, 3.63) is 81.2 Å². The van der Waals surface area contributed by atoms with E-state index in [9.17, 15) is 4.79 Å². The second-order valence-corrected chi connectivity index (χ2v) is 9.72. The highest BCUT2D eigenvalue weighted by atomic mass is 32.1. The molecule has 0 aliphatic heterocycles. The first-order valence-corrected chi connectivity index (χ1v) is 13.8. The molecule has 4 rings (SSSR count). The molecule has 0 amide bonds. The molecule has 0 bridgehead atoms. The van der Waals surface area contributed by atoms with Crippen LogP contribution >= 0.6 is 12.6 Å². The molecule has 228 valence electrons. The minimum Gasteiger partial charge on any atom is -0.493 e. The van der Waals surface area contributed by atoms with E-state index in [2.05, 4.69) is 12.6 Å². The molecule has 11 heteroatoms. The lowest BCUT2D eigenvalue weighted by Crippen LogP contribution is -2.07. The number of allylic oxidation sites excluding steroid dienone is 1. The molecule has 3 aromatic carbocycles. The lowest BCUT2D eigenvalue weighted by Gasteiger charge is -2.17. The zero-order valence-electron chi connectivity index (χ0n) is 24.4. The Labute approximate surface area is 253 Å². The first kappa shape index (κ1) is 31.6. The summed E-state index contributed by atoms with van der Waals surface area (Å²) in [6, 6.07) is 11.2. The van der Waals surface area contributed by atoms with Crippen molar-refractivity contribution in [2.75, 3.05) is 47.9 Å². The fourth-order valence-electron chi connectivity index (χ4n) is 4.64. The third-order valence-corrected chi connectivity index (χ3v) is 7.00. The van der Waals surface area contributed by atoms with E-state index in [0.29, 0.717) is 57.6 Å². The summed E-state index contributed by atoms with van der Waals surface area (Å²) >= 11 is 4.09. The summed E-state index contributed by atoms with van der Waals surface area (Å²) in [5.74, 6) is 0.0790. The number of fused-ring (bicyclic) bond motifs is 1. The van der Waals surface area contributed by atoms with Gasteiger partial charge in [0.05, 0.1) is 42.2 Å². The van der Waals surface area contributed by atoms with Gasteiger partial charge >= 0.3 is 5.63 Å². The van der Waals surface area contributed by atoms with Gasteiger partial charge in [0.1, 0.15) is 0 Å². The normalized spacial score (nSPS) is 11.4. The van der Waals surface area contributed by atoms with Crippen LogP contribution in [0.4, 0.5) is 8.78 Å². The molecular weight excluding hydrogens is 582 g/mol. The Morgan fingerprint density at radius 3 is 2.12 bits per heavy atom. The zero-order valence-corrected chi connectivity index (χ0v) is 25.3. The molecule has 0 saturated heterocycles. The van der Waals surface area contributed by atoms with Crippen LogP contribution in [-0.2, 0) is 6.42 Å². The summed E-state index contributed by atoms with van der Waals surface area (Å²) in [6.45, 7) is 0.0477. The highest BCUT2D eigenvalue weighted by molar-refractivity contribution is 7.80. The number of halogens is 2. The summed E-state index contributed by atoms with van der Waals surface area (Å²) < 4.78 is 68.5. The highest BCUT2D eigenvalue weighted by Crippen LogP contribution is 2.42. The van der Waals surface area contributed by atoms with Gasteiger partial charge in [-0.2, -0.15) is 17.0 Å². The maximum atomic E-state index is 15.5. The van der Waals surface area contributed by atoms with Gasteiger partial charge in [-0.15, -0.1) is 0 Å². The Bertz CT molecular complexity index is 1670. The molecule has 0 aliphatic rings. The molecule has 43 heavy (non-hydrogen) atoms. The summed E-state index contributed by atoms with van der Waals surface area (Å²) in [5, 5.41) is 0.0850. The third kappa shape index (κ3) is 6.83. The molecule has 4 aromatic rings. The van der Waals surface area contributed by atoms with Gasteiger partial charge in [0.2, 0.25) is 11.6 Å². The van der Waals surface area contributed by atoms with Crippen molar-refractivity contribution >= 4 is 35.2 Å². The number of thiol groups is 1. The summed E-state index contributed by atoms with van der Waals surface area (Å²) in [7, 11) is 7.55. The fourth-order valence-corrected chi connectivity index (χ4v) is 4.77. The molecule has 1 aromatic heterocycles. The van der Waals surface area contributed by atoms with Gasteiger partial charge in [-0.05, 0) is 71.2 Å². The number of methoxy groups -OCH3 is 5. The van der Waals surface area contributed by atoms with Crippen LogP contribution in [0.2, 0.25) is 0 Å². The van der Waals surface area contributed by atoms with E-state index < -0.39 is 28.6 Å². The Hall–Kier alpha value is -4.38. The van der Waals surface area contributed by atoms with E-state index in [1.54, 1.807) is 24.3 Å². The summed E-state index contributed by atoms with van der Waals surface area (Å²) in [5.41, 5.74) is 1.13. The van der Waals surface area contributed by atoms with Gasteiger partial charge in [-0.1, -0.05) is 12.1 Å². The molecule has 0 atom stereocenters. The number of rotatable bonds is 13. The van der Waals surface area contributed by atoms with Crippen molar-refractivity contribution in [3.8, 4) is 34.5 Å². The van der Waals surface area contributed by atoms with Gasteiger partial charge in [0.25, 0.3) is 0 Å². The van der Waals surface area contributed by atoms with Crippen LogP contribution in [-0.4, -0.2) is 47.9 Å². The number of hydrogen-bond donors (Lipinski definition) is 1. The molecule has 0 saturated carbocycles. The number of ether oxygens (including phenoxy) is 6. The lowest BCUT2D eigenvalue weighted by molar-refractivity contribution is 0.285. The van der Waals surface area contributed by atoms with Crippen molar-refractivity contribution in [3.63, 3.8) is 0 Å². The largest absolute Gasteiger partial charge is 0.493 e. The molecule has 0 spiro atoms. The van der Waals surface area contributed by atoms with Gasteiger partial charge in [0, 0.05) is 11.5 Å². The smallest absolute Gasteiger partial charge is 0.336 e. The van der Waals surface area contributed by atoms with Gasteiger partial charge in [-0.25, -0.2) is 9.18 Å². The molecule has 1 heterocycles. The van der Waals surface area contributed by atoms with Crippen LogP contribution in [0, 0.1) is 11.6 Å². The molecular formula is C32H32F2O8S. The van der Waals surface area contributed by atoms with E-state index in [1.165, 1.54) is 41.6 Å². The summed E-state index contributed by atoms with van der Waals surface area (Å²) in [6.07, 6.45) is 2.39. The predicted octanol–water partition coefficient (Wildman–Crippen LogP) is 6.60. The van der Waals surface area contributed by atoms with Gasteiger partial charge < -0.3 is 32.8 Å². The van der Waals surface area contributed by atoms with Crippen LogP contribution in [0.1, 0.15) is 23.1 Å². The van der Waals surface area contributed by atoms with Crippen molar-refractivity contribution < 1.29 is 41.6 Å². The number of benzene rings is 3. The molecule has 8 nitrogen and oxygen atoms in total. The zero-order chi connectivity index (χ0) is 31.1.